The maximum absolute atomic E-state index is 12.1. The predicted molar refractivity (Wildman–Crippen MR) is 96.9 cm³/mol. The predicted octanol–water partition coefficient (Wildman–Crippen LogP) is 3.44. The van der Waals surface area contributed by atoms with Crippen molar-refractivity contribution in [2.45, 2.75) is 11.8 Å². The molecule has 0 saturated heterocycles. The minimum atomic E-state index is -3.27. The summed E-state index contributed by atoms with van der Waals surface area (Å²) in [7, 11) is -3.27. The van der Waals surface area contributed by atoms with E-state index in [1.807, 2.05) is 0 Å². The highest BCUT2D eigenvalue weighted by molar-refractivity contribution is 7.91. The zero-order chi connectivity index (χ0) is 18.7. The number of benzene rings is 2. The molecule has 134 valence electrons. The first kappa shape index (κ1) is 18.1. The smallest absolute Gasteiger partial charge is 0.322 e. The number of sulfone groups is 1. The monoisotopic (exact) mass is 391 g/mol. The van der Waals surface area contributed by atoms with E-state index >= 15 is 0 Å². The van der Waals surface area contributed by atoms with Gasteiger partial charge in [-0.2, -0.15) is 0 Å². The maximum atomic E-state index is 12.1. The van der Waals surface area contributed by atoms with Gasteiger partial charge in [0.2, 0.25) is 5.89 Å². The van der Waals surface area contributed by atoms with Crippen molar-refractivity contribution >= 4 is 33.4 Å². The van der Waals surface area contributed by atoms with Crippen molar-refractivity contribution in [2.75, 3.05) is 11.1 Å². The van der Waals surface area contributed by atoms with Crippen molar-refractivity contribution in [1.29, 1.82) is 0 Å². The lowest BCUT2D eigenvalue weighted by molar-refractivity contribution is 0.102. The molecule has 0 bridgehead atoms. The maximum Gasteiger partial charge on any atom is 0.322 e. The highest BCUT2D eigenvalue weighted by atomic mass is 35.5. The Bertz CT molecular complexity index is 1030. The second-order valence-electron chi connectivity index (χ2n) is 5.30. The summed E-state index contributed by atoms with van der Waals surface area (Å²) in [5, 5.41) is 10.6. The molecule has 1 amide bonds. The van der Waals surface area contributed by atoms with Gasteiger partial charge in [-0.15, -0.1) is 5.10 Å². The Hall–Kier alpha value is -2.71. The number of anilines is 1. The number of amides is 1. The number of carbonyl (C=O) groups is 1. The average molecular weight is 392 g/mol. The molecular weight excluding hydrogens is 378 g/mol. The van der Waals surface area contributed by atoms with E-state index in [9.17, 15) is 13.2 Å². The van der Waals surface area contributed by atoms with E-state index < -0.39 is 15.7 Å². The minimum absolute atomic E-state index is 0.0216. The Balaban J connectivity index is 1.75. The quantitative estimate of drug-likeness (QED) is 0.714. The van der Waals surface area contributed by atoms with Crippen LogP contribution in [0.3, 0.4) is 0 Å². The van der Waals surface area contributed by atoms with Gasteiger partial charge in [0, 0.05) is 16.1 Å². The van der Waals surface area contributed by atoms with Crippen molar-refractivity contribution in [3.63, 3.8) is 0 Å². The van der Waals surface area contributed by atoms with Gasteiger partial charge in [0.1, 0.15) is 0 Å². The van der Waals surface area contributed by atoms with Crippen LogP contribution in [0.5, 0.6) is 0 Å². The third kappa shape index (κ3) is 3.92. The Kier molecular flexibility index (Phi) is 5.06. The Morgan fingerprint density at radius 3 is 2.35 bits per heavy atom. The van der Waals surface area contributed by atoms with E-state index in [-0.39, 0.29) is 22.6 Å². The molecule has 1 aromatic heterocycles. The van der Waals surface area contributed by atoms with Crippen LogP contribution in [-0.4, -0.2) is 30.3 Å². The van der Waals surface area contributed by atoms with Crippen LogP contribution >= 0.6 is 11.6 Å². The largest absolute Gasteiger partial charge is 0.403 e. The summed E-state index contributed by atoms with van der Waals surface area (Å²) in [5.41, 5.74) is 0.933. The van der Waals surface area contributed by atoms with E-state index in [1.165, 1.54) is 12.1 Å². The van der Waals surface area contributed by atoms with Crippen molar-refractivity contribution in [2.24, 2.45) is 0 Å². The second kappa shape index (κ2) is 7.27. The van der Waals surface area contributed by atoms with Gasteiger partial charge in [0.15, 0.2) is 9.84 Å². The Morgan fingerprint density at radius 2 is 1.73 bits per heavy atom. The first-order valence-electron chi connectivity index (χ1n) is 7.62. The minimum Gasteiger partial charge on any atom is -0.403 e. The van der Waals surface area contributed by atoms with Gasteiger partial charge in [-0.1, -0.05) is 23.6 Å². The number of nitrogens with one attached hydrogen (secondary N) is 1. The molecule has 26 heavy (non-hydrogen) atoms. The molecule has 0 aliphatic carbocycles. The fraction of sp³-hybridized carbons (Fsp3) is 0.118. The molecule has 3 rings (SSSR count). The van der Waals surface area contributed by atoms with Crippen LogP contribution in [0.2, 0.25) is 5.02 Å². The number of carbonyl (C=O) groups excluding carboxylic acids is 1. The molecule has 2 aromatic carbocycles. The van der Waals surface area contributed by atoms with E-state index in [2.05, 4.69) is 15.5 Å². The van der Waals surface area contributed by atoms with Crippen molar-refractivity contribution in [1.82, 2.24) is 10.2 Å². The van der Waals surface area contributed by atoms with Gasteiger partial charge in [-0.25, -0.2) is 8.42 Å². The average Bonchev–Trinajstić information content (AvgIpc) is 3.11. The third-order valence-electron chi connectivity index (χ3n) is 3.59. The molecule has 7 nitrogen and oxygen atoms in total. The Labute approximate surface area is 154 Å². The lowest BCUT2D eigenvalue weighted by Gasteiger charge is -2.02. The summed E-state index contributed by atoms with van der Waals surface area (Å²) >= 11 is 5.79. The van der Waals surface area contributed by atoms with Crippen molar-refractivity contribution in [3.05, 3.63) is 59.1 Å². The number of nitrogens with zero attached hydrogens (tertiary/aromatic N) is 2. The molecule has 9 heteroatoms. The number of hydrogen-bond acceptors (Lipinski definition) is 6. The van der Waals surface area contributed by atoms with Crippen molar-refractivity contribution in [3.8, 4) is 11.5 Å². The summed E-state index contributed by atoms with van der Waals surface area (Å²) in [6, 6.07) is 12.4. The van der Waals surface area contributed by atoms with Gasteiger partial charge >= 0.3 is 6.01 Å². The summed E-state index contributed by atoms with van der Waals surface area (Å²) in [4.78, 5) is 12.3. The van der Waals surface area contributed by atoms with Crippen LogP contribution < -0.4 is 5.32 Å². The van der Waals surface area contributed by atoms with E-state index in [0.29, 0.717) is 16.1 Å². The lowest BCUT2D eigenvalue weighted by Crippen LogP contribution is -2.11. The lowest BCUT2D eigenvalue weighted by atomic mass is 10.2. The molecule has 0 aliphatic rings. The fourth-order valence-corrected chi connectivity index (χ4v) is 3.14. The number of aromatic nitrogens is 2. The van der Waals surface area contributed by atoms with Crippen LogP contribution in [0.4, 0.5) is 6.01 Å². The molecule has 0 atom stereocenters. The van der Waals surface area contributed by atoms with Crippen LogP contribution in [0, 0.1) is 0 Å². The molecular formula is C17H14ClN3O4S. The van der Waals surface area contributed by atoms with E-state index in [4.69, 9.17) is 16.0 Å². The second-order valence-corrected chi connectivity index (χ2v) is 8.02. The van der Waals surface area contributed by atoms with Gasteiger partial charge < -0.3 is 4.42 Å². The highest BCUT2D eigenvalue weighted by Crippen LogP contribution is 2.22. The molecule has 0 radical (unpaired) electrons. The molecule has 0 unspecified atom stereocenters. The normalized spacial score (nSPS) is 11.3. The topological polar surface area (TPSA) is 102 Å². The van der Waals surface area contributed by atoms with E-state index in [0.717, 1.165) is 0 Å². The van der Waals surface area contributed by atoms with Crippen LogP contribution in [0.1, 0.15) is 17.3 Å². The first-order chi connectivity index (χ1) is 12.4. The molecule has 3 aromatic rings. The van der Waals surface area contributed by atoms with E-state index in [1.54, 1.807) is 43.3 Å². The van der Waals surface area contributed by atoms with Crippen LogP contribution in [0.15, 0.2) is 57.8 Å². The van der Waals surface area contributed by atoms with Gasteiger partial charge in [0.25, 0.3) is 5.91 Å². The number of hydrogen-bond donors (Lipinski definition) is 1. The van der Waals surface area contributed by atoms with Crippen LogP contribution in [-0.2, 0) is 9.84 Å². The highest BCUT2D eigenvalue weighted by Gasteiger charge is 2.15. The molecule has 1 N–H and O–H groups in total. The zero-order valence-corrected chi connectivity index (χ0v) is 15.2. The molecule has 0 spiro atoms. The summed E-state index contributed by atoms with van der Waals surface area (Å²) in [6.07, 6.45) is 0. The van der Waals surface area contributed by atoms with Gasteiger partial charge in [0.05, 0.1) is 10.6 Å². The summed E-state index contributed by atoms with van der Waals surface area (Å²) in [6.45, 7) is 1.58. The van der Waals surface area contributed by atoms with Gasteiger partial charge in [-0.3, -0.25) is 10.1 Å². The first-order valence-corrected chi connectivity index (χ1v) is 9.65. The number of rotatable bonds is 5. The number of halogens is 1. The van der Waals surface area contributed by atoms with Crippen molar-refractivity contribution < 1.29 is 17.6 Å². The standard InChI is InChI=1S/C17H14ClN3O4S/c1-2-26(23,24)14-9-5-12(6-10-14)16-20-21-17(25-16)19-15(22)11-3-7-13(18)8-4-11/h3-10H,2H2,1H3,(H,19,21,22). The Morgan fingerprint density at radius 1 is 1.08 bits per heavy atom. The van der Waals surface area contributed by atoms with Crippen LogP contribution in [0.25, 0.3) is 11.5 Å². The molecule has 0 fully saturated rings. The SMILES string of the molecule is CCS(=O)(=O)c1ccc(-c2nnc(NC(=O)c3ccc(Cl)cc3)o2)cc1. The summed E-state index contributed by atoms with van der Waals surface area (Å²) in [5.74, 6) is -0.230. The molecule has 0 saturated carbocycles. The zero-order valence-electron chi connectivity index (χ0n) is 13.6. The fourth-order valence-electron chi connectivity index (χ4n) is 2.13. The van der Waals surface area contributed by atoms with Gasteiger partial charge in [-0.05, 0) is 48.5 Å². The molecule has 1 heterocycles. The summed E-state index contributed by atoms with van der Waals surface area (Å²) < 4.78 is 29.1. The third-order valence-corrected chi connectivity index (χ3v) is 5.59. The molecule has 0 aliphatic heterocycles.